The van der Waals surface area contributed by atoms with Crippen molar-refractivity contribution in [1.82, 2.24) is 5.32 Å². The molecule has 0 atom stereocenters. The smallest absolute Gasteiger partial charge is 0.367 e. The van der Waals surface area contributed by atoms with Crippen molar-refractivity contribution >= 4 is 33.1 Å². The average molecular weight is 298 g/mol. The molecular weight excluding hydrogens is 291 g/mol. The minimum absolute atomic E-state index is 0.0913. The van der Waals surface area contributed by atoms with Gasteiger partial charge in [0.25, 0.3) is 0 Å². The normalized spacial score (nSPS) is 11.2. The van der Waals surface area contributed by atoms with Crippen LogP contribution in [-0.4, -0.2) is 17.7 Å². The third kappa shape index (κ3) is 4.61. The molecule has 6 heteroatoms. The number of benzene rings is 1. The summed E-state index contributed by atoms with van der Waals surface area (Å²) in [6.07, 6.45) is -4.25. The highest BCUT2D eigenvalue weighted by Crippen LogP contribution is 2.14. The van der Waals surface area contributed by atoms with E-state index in [-0.39, 0.29) is 4.99 Å². The summed E-state index contributed by atoms with van der Waals surface area (Å²) < 4.78 is 36.4. The summed E-state index contributed by atoms with van der Waals surface area (Å²) in [6, 6.07) is 6.79. The van der Waals surface area contributed by atoms with E-state index >= 15 is 0 Å². The van der Waals surface area contributed by atoms with Gasteiger partial charge in [0.1, 0.15) is 11.5 Å². The van der Waals surface area contributed by atoms with E-state index in [0.717, 1.165) is 4.47 Å². The van der Waals surface area contributed by atoms with Crippen LogP contribution >= 0.6 is 28.1 Å². The topological polar surface area (TPSA) is 12.0 Å². The number of rotatable bonds is 2. The fourth-order valence-corrected chi connectivity index (χ4v) is 1.51. The predicted molar refractivity (Wildman–Crippen MR) is 59.9 cm³/mol. The lowest BCUT2D eigenvalue weighted by molar-refractivity contribution is -0.121. The van der Waals surface area contributed by atoms with Crippen molar-refractivity contribution in [1.29, 1.82) is 0 Å². The maximum absolute atomic E-state index is 11.9. The first-order chi connectivity index (χ1) is 6.88. The van der Waals surface area contributed by atoms with E-state index in [1.54, 1.807) is 24.3 Å². The number of hydrogen-bond acceptors (Lipinski definition) is 1. The van der Waals surface area contributed by atoms with E-state index < -0.39 is 12.7 Å². The molecular formula is C9H7BrF3NS. The predicted octanol–water partition coefficient (Wildman–Crippen LogP) is 3.28. The van der Waals surface area contributed by atoms with E-state index in [4.69, 9.17) is 12.2 Å². The van der Waals surface area contributed by atoms with Crippen molar-refractivity contribution in [2.45, 2.75) is 6.18 Å². The molecule has 0 bridgehead atoms. The van der Waals surface area contributed by atoms with E-state index in [0.29, 0.717) is 5.56 Å². The second-order valence-electron chi connectivity index (χ2n) is 2.81. The Kier molecular flexibility index (Phi) is 4.10. The Morgan fingerprint density at radius 2 is 2.07 bits per heavy atom. The largest absolute Gasteiger partial charge is 0.405 e. The van der Waals surface area contributed by atoms with Gasteiger partial charge >= 0.3 is 6.18 Å². The van der Waals surface area contributed by atoms with Crippen LogP contribution in [0.1, 0.15) is 5.56 Å². The Balaban J connectivity index is 2.62. The first kappa shape index (κ1) is 12.4. The van der Waals surface area contributed by atoms with Gasteiger partial charge in [-0.1, -0.05) is 40.3 Å². The number of thiocarbonyl (C=S) groups is 1. The molecule has 0 saturated heterocycles. The molecule has 0 radical (unpaired) electrons. The summed E-state index contributed by atoms with van der Waals surface area (Å²) in [6.45, 7) is -1.11. The van der Waals surface area contributed by atoms with Crippen molar-refractivity contribution in [3.63, 3.8) is 0 Å². The summed E-state index contributed by atoms with van der Waals surface area (Å²) in [4.78, 5) is 0.0913. The quantitative estimate of drug-likeness (QED) is 0.841. The van der Waals surface area contributed by atoms with Crippen LogP contribution in [0, 0.1) is 0 Å². The fraction of sp³-hybridized carbons (Fsp3) is 0.222. The van der Waals surface area contributed by atoms with Gasteiger partial charge in [-0.05, 0) is 12.1 Å². The molecule has 1 N–H and O–H groups in total. The van der Waals surface area contributed by atoms with Gasteiger partial charge in [0.15, 0.2) is 0 Å². The van der Waals surface area contributed by atoms with E-state index in [1.165, 1.54) is 0 Å². The first-order valence-electron chi connectivity index (χ1n) is 3.99. The lowest BCUT2D eigenvalue weighted by atomic mass is 10.2. The highest BCUT2D eigenvalue weighted by Gasteiger charge is 2.27. The van der Waals surface area contributed by atoms with Gasteiger partial charge in [-0.15, -0.1) is 0 Å². The van der Waals surface area contributed by atoms with E-state index in [1.807, 2.05) is 0 Å². The Labute approximate surface area is 98.8 Å². The second kappa shape index (κ2) is 4.94. The van der Waals surface area contributed by atoms with Gasteiger partial charge in [0, 0.05) is 10.0 Å². The molecule has 15 heavy (non-hydrogen) atoms. The molecule has 0 heterocycles. The summed E-state index contributed by atoms with van der Waals surface area (Å²) in [5.74, 6) is 0. The number of alkyl halides is 3. The number of hydrogen-bond donors (Lipinski definition) is 1. The van der Waals surface area contributed by atoms with Crippen LogP contribution in [0.3, 0.4) is 0 Å². The monoisotopic (exact) mass is 297 g/mol. The Morgan fingerprint density at radius 1 is 1.40 bits per heavy atom. The zero-order valence-electron chi connectivity index (χ0n) is 7.44. The SMILES string of the molecule is FC(F)(F)CNC(=S)c1cccc(Br)c1. The van der Waals surface area contributed by atoms with Crippen LogP contribution in [0.4, 0.5) is 13.2 Å². The second-order valence-corrected chi connectivity index (χ2v) is 4.13. The number of halogens is 4. The van der Waals surface area contributed by atoms with Crippen molar-refractivity contribution in [3.8, 4) is 0 Å². The van der Waals surface area contributed by atoms with Gasteiger partial charge in [-0.3, -0.25) is 0 Å². The van der Waals surface area contributed by atoms with Crippen molar-refractivity contribution in [3.05, 3.63) is 34.3 Å². The molecule has 0 fully saturated rings. The fourth-order valence-electron chi connectivity index (χ4n) is 0.912. The summed E-state index contributed by atoms with van der Waals surface area (Å²) in [5.41, 5.74) is 0.559. The van der Waals surface area contributed by atoms with Gasteiger partial charge in [-0.2, -0.15) is 13.2 Å². The minimum Gasteiger partial charge on any atom is -0.367 e. The third-order valence-electron chi connectivity index (χ3n) is 1.54. The molecule has 0 amide bonds. The van der Waals surface area contributed by atoms with Crippen LogP contribution in [0.2, 0.25) is 0 Å². The molecule has 0 unspecified atom stereocenters. The zero-order chi connectivity index (χ0) is 11.5. The van der Waals surface area contributed by atoms with Gasteiger partial charge in [0.05, 0.1) is 0 Å². The molecule has 0 aromatic heterocycles. The highest BCUT2D eigenvalue weighted by molar-refractivity contribution is 9.10. The average Bonchev–Trinajstić information content (AvgIpc) is 2.13. The summed E-state index contributed by atoms with van der Waals surface area (Å²) in [5, 5.41) is 2.15. The van der Waals surface area contributed by atoms with Gasteiger partial charge in [-0.25, -0.2) is 0 Å². The maximum atomic E-state index is 11.9. The number of nitrogens with one attached hydrogen (secondary N) is 1. The maximum Gasteiger partial charge on any atom is 0.405 e. The van der Waals surface area contributed by atoms with Crippen molar-refractivity contribution in [2.24, 2.45) is 0 Å². The molecule has 0 saturated carbocycles. The highest BCUT2D eigenvalue weighted by atomic mass is 79.9. The minimum atomic E-state index is -4.25. The van der Waals surface area contributed by atoms with Gasteiger partial charge in [0.2, 0.25) is 0 Å². The van der Waals surface area contributed by atoms with Crippen LogP contribution in [-0.2, 0) is 0 Å². The molecule has 82 valence electrons. The van der Waals surface area contributed by atoms with E-state index in [9.17, 15) is 13.2 Å². The van der Waals surface area contributed by atoms with E-state index in [2.05, 4.69) is 21.2 Å². The van der Waals surface area contributed by atoms with Crippen LogP contribution < -0.4 is 5.32 Å². The standard InChI is InChI=1S/C9H7BrF3NS/c10-7-3-1-2-6(4-7)8(15)14-5-9(11,12)13/h1-4H,5H2,(H,14,15). The Bertz CT molecular complexity index is 365. The Hall–Kier alpha value is -0.620. The van der Waals surface area contributed by atoms with Crippen LogP contribution in [0.15, 0.2) is 28.7 Å². The van der Waals surface area contributed by atoms with Crippen LogP contribution in [0.5, 0.6) is 0 Å². The first-order valence-corrected chi connectivity index (χ1v) is 5.19. The molecule has 0 aliphatic heterocycles. The molecule has 1 aromatic rings. The van der Waals surface area contributed by atoms with Gasteiger partial charge < -0.3 is 5.32 Å². The summed E-state index contributed by atoms with van der Waals surface area (Å²) >= 11 is 8.03. The Morgan fingerprint density at radius 3 is 2.60 bits per heavy atom. The molecule has 1 rings (SSSR count). The molecule has 1 aromatic carbocycles. The van der Waals surface area contributed by atoms with Crippen LogP contribution in [0.25, 0.3) is 0 Å². The molecule has 0 aliphatic carbocycles. The molecule has 0 spiro atoms. The summed E-state index contributed by atoms with van der Waals surface area (Å²) in [7, 11) is 0. The molecule has 1 nitrogen and oxygen atoms in total. The zero-order valence-corrected chi connectivity index (χ0v) is 9.84. The molecule has 0 aliphatic rings. The lowest BCUT2D eigenvalue weighted by Crippen LogP contribution is -2.33. The van der Waals surface area contributed by atoms with Crippen molar-refractivity contribution < 1.29 is 13.2 Å². The third-order valence-corrected chi connectivity index (χ3v) is 2.41. The lowest BCUT2D eigenvalue weighted by Gasteiger charge is -2.10. The van der Waals surface area contributed by atoms with Crippen molar-refractivity contribution in [2.75, 3.05) is 6.54 Å².